The Kier molecular flexibility index (Phi) is 6.59. The number of carbonyl (C=O) groups is 2. The van der Waals surface area contributed by atoms with Gasteiger partial charge in [0, 0.05) is 26.6 Å². The van der Waals surface area contributed by atoms with Crippen LogP contribution in [0.5, 0.6) is 0 Å². The first kappa shape index (κ1) is 17.5. The monoisotopic (exact) mass is 317 g/mol. The van der Waals surface area contributed by atoms with Crippen molar-refractivity contribution in [3.63, 3.8) is 0 Å². The van der Waals surface area contributed by atoms with E-state index in [2.05, 4.69) is 17.6 Å². The fourth-order valence-electron chi connectivity index (χ4n) is 3.13. The summed E-state index contributed by atoms with van der Waals surface area (Å²) in [5.74, 6) is -0.0460. The Morgan fingerprint density at radius 1 is 1.22 bits per heavy atom. The van der Waals surface area contributed by atoms with Crippen molar-refractivity contribution in [2.45, 2.75) is 32.2 Å². The molecule has 0 saturated carbocycles. The van der Waals surface area contributed by atoms with Gasteiger partial charge in [0.15, 0.2) is 0 Å². The van der Waals surface area contributed by atoms with Gasteiger partial charge in [-0.25, -0.2) is 0 Å². The molecule has 23 heavy (non-hydrogen) atoms. The topological polar surface area (TPSA) is 61.4 Å². The molecule has 5 nitrogen and oxygen atoms in total. The van der Waals surface area contributed by atoms with Crippen molar-refractivity contribution < 1.29 is 9.59 Å². The molecule has 1 heterocycles. The van der Waals surface area contributed by atoms with Crippen LogP contribution in [0.2, 0.25) is 0 Å². The van der Waals surface area contributed by atoms with E-state index in [-0.39, 0.29) is 23.8 Å². The molecule has 2 amide bonds. The van der Waals surface area contributed by atoms with Gasteiger partial charge >= 0.3 is 0 Å². The number of carbonyl (C=O) groups excluding carboxylic acids is 2. The Morgan fingerprint density at radius 2 is 1.96 bits per heavy atom. The summed E-state index contributed by atoms with van der Waals surface area (Å²) in [4.78, 5) is 26.4. The molecule has 0 radical (unpaired) electrons. The Balaban J connectivity index is 2.02. The zero-order valence-corrected chi connectivity index (χ0v) is 14.0. The second-order valence-corrected chi connectivity index (χ2v) is 6.05. The van der Waals surface area contributed by atoms with Crippen LogP contribution in [-0.4, -0.2) is 43.4 Å². The lowest BCUT2D eigenvalue weighted by Crippen LogP contribution is -2.47. The largest absolute Gasteiger partial charge is 0.355 e. The number of nitrogens with zero attached hydrogens (tertiary/aromatic N) is 1. The highest BCUT2D eigenvalue weighted by molar-refractivity contribution is 5.84. The molecule has 5 heteroatoms. The summed E-state index contributed by atoms with van der Waals surface area (Å²) in [6.07, 6.45) is 2.13. The van der Waals surface area contributed by atoms with Crippen molar-refractivity contribution in [2.75, 3.05) is 26.7 Å². The van der Waals surface area contributed by atoms with Gasteiger partial charge in [-0.3, -0.25) is 9.59 Å². The first-order valence-electron chi connectivity index (χ1n) is 8.44. The van der Waals surface area contributed by atoms with Gasteiger partial charge < -0.3 is 15.5 Å². The van der Waals surface area contributed by atoms with Crippen molar-refractivity contribution in [2.24, 2.45) is 5.92 Å². The molecule has 2 rings (SSSR count). The first-order valence-corrected chi connectivity index (χ1v) is 8.44. The predicted molar refractivity (Wildman–Crippen MR) is 90.8 cm³/mol. The molecule has 1 saturated heterocycles. The Hall–Kier alpha value is -1.88. The lowest BCUT2D eigenvalue weighted by atomic mass is 9.84. The van der Waals surface area contributed by atoms with Gasteiger partial charge in [-0.2, -0.15) is 0 Å². The van der Waals surface area contributed by atoms with E-state index in [1.54, 1.807) is 11.9 Å². The van der Waals surface area contributed by atoms with E-state index in [0.29, 0.717) is 19.4 Å². The van der Waals surface area contributed by atoms with Gasteiger partial charge in [-0.15, -0.1) is 0 Å². The molecule has 2 N–H and O–H groups in total. The highest BCUT2D eigenvalue weighted by Gasteiger charge is 2.38. The number of hydrogen-bond donors (Lipinski definition) is 2. The van der Waals surface area contributed by atoms with Gasteiger partial charge in [0.1, 0.15) is 0 Å². The third kappa shape index (κ3) is 4.55. The second-order valence-electron chi connectivity index (χ2n) is 6.05. The molecule has 1 aliphatic rings. The van der Waals surface area contributed by atoms with Crippen LogP contribution >= 0.6 is 0 Å². The van der Waals surface area contributed by atoms with Crippen molar-refractivity contribution >= 4 is 11.8 Å². The lowest BCUT2D eigenvalue weighted by molar-refractivity contribution is -0.141. The molecule has 0 aromatic heterocycles. The summed E-state index contributed by atoms with van der Waals surface area (Å²) >= 11 is 0. The minimum absolute atomic E-state index is 0.0384. The molecule has 2 atom stereocenters. The smallest absolute Gasteiger partial charge is 0.225 e. The molecule has 126 valence electrons. The molecular weight excluding hydrogens is 290 g/mol. The van der Waals surface area contributed by atoms with E-state index in [9.17, 15) is 9.59 Å². The van der Waals surface area contributed by atoms with Crippen molar-refractivity contribution in [3.05, 3.63) is 35.9 Å². The second kappa shape index (κ2) is 8.67. The van der Waals surface area contributed by atoms with E-state index in [0.717, 1.165) is 25.1 Å². The number of nitrogens with one attached hydrogen (secondary N) is 2. The normalized spacial score (nSPS) is 21.3. The van der Waals surface area contributed by atoms with E-state index in [4.69, 9.17) is 0 Å². The maximum absolute atomic E-state index is 12.6. The minimum atomic E-state index is -0.189. The van der Waals surface area contributed by atoms with Crippen LogP contribution in [0.4, 0.5) is 0 Å². The van der Waals surface area contributed by atoms with Gasteiger partial charge in [-0.1, -0.05) is 37.3 Å². The van der Waals surface area contributed by atoms with Gasteiger partial charge in [0.25, 0.3) is 0 Å². The zero-order valence-electron chi connectivity index (χ0n) is 14.0. The number of piperidine rings is 1. The maximum Gasteiger partial charge on any atom is 0.225 e. The number of benzene rings is 1. The van der Waals surface area contributed by atoms with Crippen LogP contribution in [-0.2, 0) is 9.59 Å². The summed E-state index contributed by atoms with van der Waals surface area (Å²) < 4.78 is 0. The SMILES string of the molecule is CCCNCCNC(=O)C1CCC(=O)N(C)C1c1ccccc1. The number of hydrogen-bond acceptors (Lipinski definition) is 3. The van der Waals surface area contributed by atoms with E-state index in [1.165, 1.54) is 0 Å². The molecule has 1 aliphatic heterocycles. The van der Waals surface area contributed by atoms with E-state index in [1.807, 2.05) is 30.3 Å². The lowest BCUT2D eigenvalue weighted by Gasteiger charge is -2.38. The highest BCUT2D eigenvalue weighted by Crippen LogP contribution is 2.35. The molecule has 1 aromatic rings. The average Bonchev–Trinajstić information content (AvgIpc) is 2.57. The van der Waals surface area contributed by atoms with Gasteiger partial charge in [0.2, 0.25) is 11.8 Å². The molecular formula is C18H27N3O2. The fraction of sp³-hybridized carbons (Fsp3) is 0.556. The summed E-state index contributed by atoms with van der Waals surface area (Å²) in [7, 11) is 1.79. The number of likely N-dealkylation sites (tertiary alicyclic amines) is 1. The van der Waals surface area contributed by atoms with Gasteiger partial charge in [0.05, 0.1) is 12.0 Å². The Labute approximate surface area is 138 Å². The molecule has 0 spiro atoms. The first-order chi connectivity index (χ1) is 11.1. The Morgan fingerprint density at radius 3 is 2.65 bits per heavy atom. The van der Waals surface area contributed by atoms with E-state index < -0.39 is 0 Å². The summed E-state index contributed by atoms with van der Waals surface area (Å²) in [5, 5.41) is 6.28. The van der Waals surface area contributed by atoms with E-state index >= 15 is 0 Å². The summed E-state index contributed by atoms with van der Waals surface area (Å²) in [6, 6.07) is 9.65. The highest BCUT2D eigenvalue weighted by atomic mass is 16.2. The molecule has 1 fully saturated rings. The van der Waals surface area contributed by atoms with Crippen LogP contribution in [0.3, 0.4) is 0 Å². The third-order valence-corrected chi connectivity index (χ3v) is 4.37. The molecule has 1 aromatic carbocycles. The number of amides is 2. The minimum Gasteiger partial charge on any atom is -0.355 e. The standard InChI is InChI=1S/C18H27N3O2/c1-3-11-19-12-13-20-18(23)15-9-10-16(22)21(2)17(15)14-7-5-4-6-8-14/h4-8,15,17,19H,3,9-13H2,1-2H3,(H,20,23). The molecule has 0 bridgehead atoms. The number of rotatable bonds is 7. The van der Waals surface area contributed by atoms with Crippen LogP contribution < -0.4 is 10.6 Å². The maximum atomic E-state index is 12.6. The van der Waals surface area contributed by atoms with Crippen LogP contribution in [0.25, 0.3) is 0 Å². The van der Waals surface area contributed by atoms with Gasteiger partial charge in [-0.05, 0) is 24.9 Å². The van der Waals surface area contributed by atoms with Crippen LogP contribution in [0, 0.1) is 5.92 Å². The van der Waals surface area contributed by atoms with Crippen LogP contribution in [0.1, 0.15) is 37.8 Å². The summed E-state index contributed by atoms with van der Waals surface area (Å²) in [6.45, 7) is 4.47. The predicted octanol–water partition coefficient (Wildman–Crippen LogP) is 1.71. The zero-order chi connectivity index (χ0) is 16.7. The van der Waals surface area contributed by atoms with Crippen molar-refractivity contribution in [3.8, 4) is 0 Å². The fourth-order valence-corrected chi connectivity index (χ4v) is 3.13. The van der Waals surface area contributed by atoms with Crippen molar-refractivity contribution in [1.82, 2.24) is 15.5 Å². The summed E-state index contributed by atoms with van der Waals surface area (Å²) in [5.41, 5.74) is 1.02. The van der Waals surface area contributed by atoms with Crippen molar-refractivity contribution in [1.29, 1.82) is 0 Å². The Bertz CT molecular complexity index is 518. The quantitative estimate of drug-likeness (QED) is 0.753. The average molecular weight is 317 g/mol. The molecule has 0 aliphatic carbocycles. The molecule has 2 unspecified atom stereocenters. The van der Waals surface area contributed by atoms with Crippen LogP contribution in [0.15, 0.2) is 30.3 Å². The third-order valence-electron chi connectivity index (χ3n) is 4.37.